The van der Waals surface area contributed by atoms with Gasteiger partial charge in [-0.3, -0.25) is 14.4 Å². The van der Waals surface area contributed by atoms with E-state index >= 15 is 0 Å². The molecular formula is C32H46N4O4. The van der Waals surface area contributed by atoms with E-state index in [2.05, 4.69) is 43.4 Å². The van der Waals surface area contributed by atoms with Crippen LogP contribution >= 0.6 is 0 Å². The van der Waals surface area contributed by atoms with Crippen LogP contribution in [-0.2, 0) is 19.1 Å². The predicted octanol–water partition coefficient (Wildman–Crippen LogP) is 3.76. The molecule has 1 aromatic carbocycles. The minimum Gasteiger partial charge on any atom is -0.359 e. The van der Waals surface area contributed by atoms with Crippen LogP contribution in [0.15, 0.2) is 36.4 Å². The van der Waals surface area contributed by atoms with Crippen LogP contribution in [0, 0.1) is 30.6 Å². The summed E-state index contributed by atoms with van der Waals surface area (Å²) in [6, 6.07) is 6.90. The predicted molar refractivity (Wildman–Crippen MR) is 156 cm³/mol. The Morgan fingerprint density at radius 3 is 2.73 bits per heavy atom. The minimum absolute atomic E-state index is 0.0684. The van der Waals surface area contributed by atoms with Crippen LogP contribution in [0.1, 0.15) is 58.4 Å². The second kappa shape index (κ2) is 11.6. The van der Waals surface area contributed by atoms with Gasteiger partial charge in [-0.2, -0.15) is 0 Å². The van der Waals surface area contributed by atoms with Crippen LogP contribution in [0.25, 0.3) is 0 Å². The number of anilines is 1. The summed E-state index contributed by atoms with van der Waals surface area (Å²) in [7, 11) is 2.05. The Kier molecular flexibility index (Phi) is 8.39. The molecule has 0 unspecified atom stereocenters. The molecule has 8 heteroatoms. The van der Waals surface area contributed by atoms with Crippen molar-refractivity contribution < 1.29 is 19.1 Å². The lowest BCUT2D eigenvalue weighted by atomic mass is 9.73. The highest BCUT2D eigenvalue weighted by atomic mass is 16.5. The zero-order valence-electron chi connectivity index (χ0n) is 24.7. The molecule has 1 aliphatic carbocycles. The van der Waals surface area contributed by atoms with Crippen molar-refractivity contribution in [2.24, 2.45) is 23.7 Å². The molecule has 3 heterocycles. The van der Waals surface area contributed by atoms with Crippen molar-refractivity contribution in [3.63, 3.8) is 0 Å². The molecule has 40 heavy (non-hydrogen) atoms. The fourth-order valence-corrected chi connectivity index (χ4v) is 7.32. The van der Waals surface area contributed by atoms with Gasteiger partial charge in [0.05, 0.1) is 17.9 Å². The maximum absolute atomic E-state index is 14.2. The third kappa shape index (κ3) is 5.20. The van der Waals surface area contributed by atoms with Gasteiger partial charge in [-0.05, 0) is 62.9 Å². The fraction of sp³-hybridized carbons (Fsp3) is 0.656. The van der Waals surface area contributed by atoms with Gasteiger partial charge in [-0.25, -0.2) is 0 Å². The summed E-state index contributed by atoms with van der Waals surface area (Å²) >= 11 is 0. The van der Waals surface area contributed by atoms with E-state index < -0.39 is 29.6 Å². The molecule has 4 aliphatic rings. The number of likely N-dealkylation sites (tertiary alicyclic amines) is 1. The number of aryl methyl sites for hydroxylation is 1. The van der Waals surface area contributed by atoms with Crippen molar-refractivity contribution in [1.82, 2.24) is 15.1 Å². The molecule has 218 valence electrons. The molecule has 5 rings (SSSR count). The third-order valence-electron chi connectivity index (χ3n) is 9.86. The van der Waals surface area contributed by atoms with Gasteiger partial charge in [0.25, 0.3) is 0 Å². The lowest BCUT2D eigenvalue weighted by Crippen LogP contribution is -2.58. The molecule has 2 bridgehead atoms. The summed E-state index contributed by atoms with van der Waals surface area (Å²) in [4.78, 5) is 45.9. The summed E-state index contributed by atoms with van der Waals surface area (Å²) in [5.74, 6) is -1.09. The van der Waals surface area contributed by atoms with E-state index in [4.69, 9.17) is 4.74 Å². The number of carbonyl (C=O) groups excluding carboxylic acids is 3. The smallest absolute Gasteiger partial charge is 0.246 e. The number of nitrogens with one attached hydrogen (secondary N) is 2. The van der Waals surface area contributed by atoms with E-state index in [0.717, 1.165) is 37.8 Å². The number of unbranched alkanes of at least 4 members (excludes halogenated alkanes) is 1. The molecule has 3 amide bonds. The molecule has 3 fully saturated rings. The summed E-state index contributed by atoms with van der Waals surface area (Å²) in [6.45, 7) is 10.6. The van der Waals surface area contributed by atoms with E-state index in [0.29, 0.717) is 30.6 Å². The van der Waals surface area contributed by atoms with Crippen molar-refractivity contribution in [1.29, 1.82) is 0 Å². The Morgan fingerprint density at radius 2 is 1.98 bits per heavy atom. The molecule has 0 radical (unpaired) electrons. The van der Waals surface area contributed by atoms with Crippen molar-refractivity contribution in [3.05, 3.63) is 42.0 Å². The van der Waals surface area contributed by atoms with Crippen LogP contribution in [0.5, 0.6) is 0 Å². The average Bonchev–Trinajstić information content (AvgIpc) is 3.56. The topological polar surface area (TPSA) is 91.0 Å². The monoisotopic (exact) mass is 550 g/mol. The van der Waals surface area contributed by atoms with Crippen LogP contribution in [-0.4, -0.2) is 78.0 Å². The highest BCUT2D eigenvalue weighted by Crippen LogP contribution is 2.55. The van der Waals surface area contributed by atoms with E-state index in [-0.39, 0.29) is 23.8 Å². The van der Waals surface area contributed by atoms with E-state index in [1.165, 1.54) is 6.42 Å². The number of benzene rings is 1. The standard InChI is InChI=1S/C32H46N4O4/c1-6-7-16-35(5)17-18-36-28(30(38)34-24-13-9-11-21(3)22(24)4)32-15-14-25(40-32)26(27(32)31(36)39)29(37)33-23-12-8-10-20(2)19-23/h8,10,12,14-15,19,21-22,24-28H,6-7,9,11,13,16-18H2,1-5H3,(H,33,37)(H,34,38)/t21-,22-,24+,25-,26+,27-,28-,32-/m0/s1. The molecule has 1 spiro atoms. The van der Waals surface area contributed by atoms with Crippen molar-refractivity contribution in [2.45, 2.75) is 83.6 Å². The summed E-state index contributed by atoms with van der Waals surface area (Å²) < 4.78 is 6.51. The molecular weight excluding hydrogens is 504 g/mol. The Hall–Kier alpha value is -2.71. The zero-order valence-corrected chi connectivity index (χ0v) is 24.7. The number of rotatable bonds is 10. The van der Waals surface area contributed by atoms with E-state index in [1.54, 1.807) is 4.90 Å². The van der Waals surface area contributed by atoms with Gasteiger partial charge in [0.1, 0.15) is 11.6 Å². The second-order valence-corrected chi connectivity index (χ2v) is 12.6. The number of hydrogen-bond acceptors (Lipinski definition) is 5. The molecule has 1 saturated carbocycles. The first-order valence-electron chi connectivity index (χ1n) is 15.2. The molecule has 8 nitrogen and oxygen atoms in total. The SMILES string of the molecule is CCCCN(C)CCN1C(=O)[C@@H]2[C@H](C(=O)Nc3cccc(C)c3)[C@@H]3C=C[C@@]2(O3)[C@@H]1C(=O)N[C@@H]1CCC[C@H](C)[C@@H]1C. The molecule has 1 aromatic rings. The maximum atomic E-state index is 14.2. The van der Waals surface area contributed by atoms with E-state index in [1.807, 2.05) is 43.3 Å². The normalized spacial score (nSPS) is 34.4. The summed E-state index contributed by atoms with van der Waals surface area (Å²) in [5, 5.41) is 6.35. The van der Waals surface area contributed by atoms with Crippen LogP contribution < -0.4 is 10.6 Å². The lowest BCUT2D eigenvalue weighted by Gasteiger charge is -2.38. The molecule has 8 atom stereocenters. The molecule has 3 aliphatic heterocycles. The van der Waals surface area contributed by atoms with Crippen LogP contribution in [0.2, 0.25) is 0 Å². The number of likely N-dealkylation sites (N-methyl/N-ethyl adjacent to an activating group) is 1. The maximum Gasteiger partial charge on any atom is 0.246 e. The number of hydrogen-bond donors (Lipinski definition) is 2. The van der Waals surface area contributed by atoms with Gasteiger partial charge in [-0.15, -0.1) is 0 Å². The lowest BCUT2D eigenvalue weighted by molar-refractivity contribution is -0.141. The first-order valence-corrected chi connectivity index (χ1v) is 15.2. The van der Waals surface area contributed by atoms with Gasteiger partial charge < -0.3 is 25.2 Å². The molecule has 2 saturated heterocycles. The number of ether oxygens (including phenoxy) is 1. The number of amides is 3. The molecule has 2 N–H and O–H groups in total. The summed E-state index contributed by atoms with van der Waals surface area (Å²) in [5.41, 5.74) is 0.600. The molecule has 0 aromatic heterocycles. The van der Waals surface area contributed by atoms with E-state index in [9.17, 15) is 14.4 Å². The number of fused-ring (bicyclic) bond motifs is 1. The highest BCUT2D eigenvalue weighted by molar-refractivity contribution is 6.02. The van der Waals surface area contributed by atoms with Crippen LogP contribution in [0.4, 0.5) is 5.69 Å². The highest BCUT2D eigenvalue weighted by Gasteiger charge is 2.72. The zero-order chi connectivity index (χ0) is 28.6. The first-order chi connectivity index (χ1) is 19.2. The Labute approximate surface area is 238 Å². The number of nitrogens with zero attached hydrogens (tertiary/aromatic N) is 2. The third-order valence-corrected chi connectivity index (χ3v) is 9.86. The van der Waals surface area contributed by atoms with Gasteiger partial charge in [-0.1, -0.05) is 64.3 Å². The second-order valence-electron chi connectivity index (χ2n) is 12.6. The van der Waals surface area contributed by atoms with Gasteiger partial charge in [0.2, 0.25) is 17.7 Å². The Morgan fingerprint density at radius 1 is 1.18 bits per heavy atom. The van der Waals surface area contributed by atoms with Gasteiger partial charge >= 0.3 is 0 Å². The first kappa shape index (κ1) is 28.8. The Bertz CT molecular complexity index is 1150. The fourth-order valence-electron chi connectivity index (χ4n) is 7.32. The average molecular weight is 551 g/mol. The van der Waals surface area contributed by atoms with Crippen LogP contribution in [0.3, 0.4) is 0 Å². The largest absolute Gasteiger partial charge is 0.359 e. The summed E-state index contributed by atoms with van der Waals surface area (Å²) in [6.07, 6.45) is 8.61. The quantitative estimate of drug-likeness (QED) is 0.433. The minimum atomic E-state index is -1.13. The van der Waals surface area contributed by atoms with Gasteiger partial charge in [0, 0.05) is 24.8 Å². The number of carbonyl (C=O) groups is 3. The van der Waals surface area contributed by atoms with Gasteiger partial charge in [0.15, 0.2) is 0 Å². The van der Waals surface area contributed by atoms with Crippen molar-refractivity contribution in [3.8, 4) is 0 Å². The van der Waals surface area contributed by atoms with Crippen molar-refractivity contribution in [2.75, 3.05) is 32.0 Å². The Balaban J connectivity index is 1.41. The van der Waals surface area contributed by atoms with Crippen molar-refractivity contribution >= 4 is 23.4 Å².